The topological polar surface area (TPSA) is 0 Å². The van der Waals surface area contributed by atoms with Crippen molar-refractivity contribution >= 4 is 15.9 Å². The average Bonchev–Trinajstić information content (AvgIpc) is 1.31. The first kappa shape index (κ1) is 11.5. The smallest absolute Gasteiger partial charge is 0.167 e. The van der Waals surface area contributed by atoms with Gasteiger partial charge in [-0.1, -0.05) is 0 Å². The Labute approximate surface area is 69.9 Å². The van der Waals surface area contributed by atoms with Gasteiger partial charge < -0.3 is 17.0 Å². The molecule has 0 spiro atoms. The summed E-state index contributed by atoms with van der Waals surface area (Å²) in [6, 6.07) is 0. The van der Waals surface area contributed by atoms with Crippen LogP contribution in [0.3, 0.4) is 0 Å². The predicted octanol–water partition coefficient (Wildman–Crippen LogP) is -1.44. The standard InChI is InChI=1S/C5H11BrN.BrH/c1-5(6)7(2,3)4;/h1H2,2-4H3;1H/q+1;/p-1. The second-order valence-electron chi connectivity index (χ2n) is 2.39. The van der Waals surface area contributed by atoms with Gasteiger partial charge in [-0.2, -0.15) is 0 Å². The Morgan fingerprint density at radius 1 is 1.38 bits per heavy atom. The quantitative estimate of drug-likeness (QED) is 0.392. The second-order valence-corrected chi connectivity index (χ2v) is 3.30. The minimum atomic E-state index is 0. The largest absolute Gasteiger partial charge is 1.00 e. The third kappa shape index (κ3) is 4.81. The summed E-state index contributed by atoms with van der Waals surface area (Å²) in [6.07, 6.45) is 0. The summed E-state index contributed by atoms with van der Waals surface area (Å²) in [4.78, 5) is 0. The van der Waals surface area contributed by atoms with E-state index in [1.807, 2.05) is 0 Å². The van der Waals surface area contributed by atoms with E-state index < -0.39 is 0 Å². The van der Waals surface area contributed by atoms with E-state index in [1.54, 1.807) is 0 Å². The molecule has 0 fully saturated rings. The Kier molecular flexibility index (Phi) is 5.21. The first-order chi connectivity index (χ1) is 2.94. The van der Waals surface area contributed by atoms with E-state index in [0.29, 0.717) is 0 Å². The molecule has 0 N–H and O–H groups in total. The molecule has 8 heavy (non-hydrogen) atoms. The highest BCUT2D eigenvalue weighted by Gasteiger charge is 2.07. The normalized spacial score (nSPS) is 10.0. The van der Waals surface area contributed by atoms with Crippen LogP contribution in [0.4, 0.5) is 0 Å². The maximum Gasteiger partial charge on any atom is 0.167 e. The lowest BCUT2D eigenvalue weighted by molar-refractivity contribution is -0.821. The van der Waals surface area contributed by atoms with Crippen LogP contribution >= 0.6 is 15.9 Å². The van der Waals surface area contributed by atoms with E-state index >= 15 is 0 Å². The molecule has 0 saturated carbocycles. The SMILES string of the molecule is C=C(Br)[N+](C)(C)C.[Br-]. The zero-order valence-corrected chi connectivity index (χ0v) is 8.58. The number of quaternary nitrogens is 1. The van der Waals surface area contributed by atoms with Gasteiger partial charge in [0.25, 0.3) is 0 Å². The third-order valence-corrected chi connectivity index (χ3v) is 1.79. The van der Waals surface area contributed by atoms with Crippen molar-refractivity contribution in [3.8, 4) is 0 Å². The van der Waals surface area contributed by atoms with Crippen molar-refractivity contribution in [2.24, 2.45) is 0 Å². The molecule has 0 radical (unpaired) electrons. The highest BCUT2D eigenvalue weighted by molar-refractivity contribution is 9.11. The first-order valence-electron chi connectivity index (χ1n) is 2.11. The van der Waals surface area contributed by atoms with Gasteiger partial charge in [-0.3, -0.25) is 4.48 Å². The van der Waals surface area contributed by atoms with Crippen LogP contribution in [0.2, 0.25) is 0 Å². The van der Waals surface area contributed by atoms with Crippen LogP contribution in [0.1, 0.15) is 0 Å². The highest BCUT2D eigenvalue weighted by Crippen LogP contribution is 2.10. The summed E-state index contributed by atoms with van der Waals surface area (Å²) >= 11 is 3.27. The van der Waals surface area contributed by atoms with Crippen LogP contribution < -0.4 is 17.0 Å². The van der Waals surface area contributed by atoms with Crippen LogP contribution in [-0.2, 0) is 0 Å². The lowest BCUT2D eigenvalue weighted by Crippen LogP contribution is -3.00. The Morgan fingerprint density at radius 2 is 1.50 bits per heavy atom. The fourth-order valence-electron chi connectivity index (χ4n) is 0. The van der Waals surface area contributed by atoms with Crippen molar-refractivity contribution < 1.29 is 21.5 Å². The Morgan fingerprint density at radius 3 is 1.50 bits per heavy atom. The number of hydrogen-bond acceptors (Lipinski definition) is 0. The van der Waals surface area contributed by atoms with Gasteiger partial charge in [0.05, 0.1) is 21.1 Å². The van der Waals surface area contributed by atoms with Gasteiger partial charge >= 0.3 is 0 Å². The molecular weight excluding hydrogens is 234 g/mol. The average molecular weight is 245 g/mol. The second kappa shape index (κ2) is 3.64. The van der Waals surface area contributed by atoms with E-state index in [0.717, 1.165) is 9.09 Å². The molecule has 0 aliphatic carbocycles. The molecule has 0 aliphatic heterocycles. The zero-order chi connectivity index (χ0) is 6.08. The molecule has 0 aliphatic rings. The summed E-state index contributed by atoms with van der Waals surface area (Å²) < 4.78 is 1.77. The summed E-state index contributed by atoms with van der Waals surface area (Å²) in [5.41, 5.74) is 0. The lowest BCUT2D eigenvalue weighted by Gasteiger charge is -2.20. The van der Waals surface area contributed by atoms with Gasteiger partial charge in [0.1, 0.15) is 0 Å². The maximum absolute atomic E-state index is 3.72. The first-order valence-corrected chi connectivity index (χ1v) is 2.90. The molecule has 0 rings (SSSR count). The van der Waals surface area contributed by atoms with E-state index in [4.69, 9.17) is 0 Å². The Balaban J connectivity index is 0. The maximum atomic E-state index is 3.72. The number of hydrogen-bond donors (Lipinski definition) is 0. The molecule has 0 saturated heterocycles. The van der Waals surface area contributed by atoms with E-state index in [-0.39, 0.29) is 17.0 Å². The molecule has 50 valence electrons. The molecule has 0 aromatic heterocycles. The van der Waals surface area contributed by atoms with Crippen molar-refractivity contribution in [2.75, 3.05) is 21.1 Å². The lowest BCUT2D eigenvalue weighted by atomic mass is 10.7. The van der Waals surface area contributed by atoms with Crippen molar-refractivity contribution in [3.05, 3.63) is 11.2 Å². The van der Waals surface area contributed by atoms with Crippen LogP contribution in [-0.4, -0.2) is 25.6 Å². The van der Waals surface area contributed by atoms with E-state index in [2.05, 4.69) is 43.7 Å². The van der Waals surface area contributed by atoms with E-state index in [9.17, 15) is 0 Å². The summed E-state index contributed by atoms with van der Waals surface area (Å²) in [5, 5.41) is 0. The summed E-state index contributed by atoms with van der Waals surface area (Å²) in [5.74, 6) is 0. The minimum Gasteiger partial charge on any atom is -1.00 e. The summed E-state index contributed by atoms with van der Waals surface area (Å²) in [6.45, 7) is 3.72. The number of halogens is 2. The molecule has 0 atom stereocenters. The molecular formula is C5H11Br2N. The highest BCUT2D eigenvalue weighted by atomic mass is 79.9. The van der Waals surface area contributed by atoms with E-state index in [1.165, 1.54) is 0 Å². The van der Waals surface area contributed by atoms with Gasteiger partial charge in [0.2, 0.25) is 0 Å². The molecule has 3 heteroatoms. The number of rotatable bonds is 1. The Bertz CT molecular complexity index is 82.9. The molecule has 0 bridgehead atoms. The van der Waals surface area contributed by atoms with Crippen molar-refractivity contribution in [1.29, 1.82) is 0 Å². The zero-order valence-electron chi connectivity index (χ0n) is 5.41. The van der Waals surface area contributed by atoms with Gasteiger partial charge in [0, 0.05) is 15.9 Å². The Hall–Kier alpha value is 0.660. The molecule has 0 amide bonds. The molecule has 0 aromatic rings. The molecule has 0 aromatic carbocycles. The predicted molar refractivity (Wildman–Crippen MR) is 36.1 cm³/mol. The van der Waals surface area contributed by atoms with Gasteiger partial charge in [0.15, 0.2) is 4.61 Å². The van der Waals surface area contributed by atoms with Gasteiger partial charge in [-0.05, 0) is 6.58 Å². The van der Waals surface area contributed by atoms with Crippen LogP contribution in [0.15, 0.2) is 11.2 Å². The monoisotopic (exact) mass is 243 g/mol. The minimum absolute atomic E-state index is 0. The molecule has 0 unspecified atom stereocenters. The third-order valence-electron chi connectivity index (χ3n) is 0.728. The molecule has 0 heterocycles. The molecule has 1 nitrogen and oxygen atoms in total. The van der Waals surface area contributed by atoms with Crippen LogP contribution in [0, 0.1) is 0 Å². The summed E-state index contributed by atoms with van der Waals surface area (Å²) in [7, 11) is 6.16. The van der Waals surface area contributed by atoms with Crippen LogP contribution in [0.25, 0.3) is 0 Å². The number of nitrogens with zero attached hydrogens (tertiary/aromatic N) is 1. The van der Waals surface area contributed by atoms with Crippen LogP contribution in [0.5, 0.6) is 0 Å². The van der Waals surface area contributed by atoms with Gasteiger partial charge in [-0.25, -0.2) is 0 Å². The fourth-order valence-corrected chi connectivity index (χ4v) is 0. The van der Waals surface area contributed by atoms with Crippen molar-refractivity contribution in [3.63, 3.8) is 0 Å². The van der Waals surface area contributed by atoms with Gasteiger partial charge in [-0.15, -0.1) is 0 Å². The fraction of sp³-hybridized carbons (Fsp3) is 0.600. The van der Waals surface area contributed by atoms with Crippen molar-refractivity contribution in [1.82, 2.24) is 0 Å². The van der Waals surface area contributed by atoms with Crippen molar-refractivity contribution in [2.45, 2.75) is 0 Å².